The molecule has 2 aromatic rings. The molecule has 0 aliphatic heterocycles. The third-order valence-electron chi connectivity index (χ3n) is 2.71. The van der Waals surface area contributed by atoms with Crippen LogP contribution in [0.5, 0.6) is 0 Å². The number of aromatic nitrogens is 2. The highest BCUT2D eigenvalue weighted by atomic mass is 16.5. The summed E-state index contributed by atoms with van der Waals surface area (Å²) in [6.45, 7) is 2.59. The number of ether oxygens (including phenoxy) is 1. The van der Waals surface area contributed by atoms with E-state index < -0.39 is 5.97 Å². The van der Waals surface area contributed by atoms with E-state index in [0.29, 0.717) is 24.2 Å². The number of terminal acetylenes is 1. The molecule has 0 radical (unpaired) electrons. The number of carbonyl (C=O) groups excluding carboxylic acids is 1. The Hall–Kier alpha value is -2.61. The Morgan fingerprint density at radius 2 is 2.20 bits per heavy atom. The van der Waals surface area contributed by atoms with Crippen molar-refractivity contribution in [2.75, 3.05) is 18.5 Å². The zero-order chi connectivity index (χ0) is 14.4. The SMILES string of the molecule is C#CCCNc1c(C(=O)OCC)nnc2ccccc12. The predicted molar refractivity (Wildman–Crippen MR) is 77.4 cm³/mol. The highest BCUT2D eigenvalue weighted by molar-refractivity contribution is 6.03. The monoisotopic (exact) mass is 269 g/mol. The van der Waals surface area contributed by atoms with Gasteiger partial charge in [0.15, 0.2) is 5.69 Å². The van der Waals surface area contributed by atoms with Crippen LogP contribution in [0.15, 0.2) is 24.3 Å². The third kappa shape index (κ3) is 2.86. The van der Waals surface area contributed by atoms with E-state index in [-0.39, 0.29) is 12.3 Å². The van der Waals surface area contributed by atoms with Crippen molar-refractivity contribution < 1.29 is 9.53 Å². The second-order valence-electron chi connectivity index (χ2n) is 4.04. The lowest BCUT2D eigenvalue weighted by Crippen LogP contribution is -2.14. The normalized spacial score (nSPS) is 10.0. The average molecular weight is 269 g/mol. The Balaban J connectivity index is 2.47. The fourth-order valence-corrected chi connectivity index (χ4v) is 1.83. The minimum atomic E-state index is -0.492. The molecule has 1 aromatic carbocycles. The molecule has 0 saturated carbocycles. The van der Waals surface area contributed by atoms with E-state index in [9.17, 15) is 4.79 Å². The summed E-state index contributed by atoms with van der Waals surface area (Å²) in [6.07, 6.45) is 5.80. The van der Waals surface area contributed by atoms with Crippen LogP contribution in [-0.4, -0.2) is 29.3 Å². The van der Waals surface area contributed by atoms with E-state index in [1.807, 2.05) is 24.3 Å². The van der Waals surface area contributed by atoms with Crippen molar-refractivity contribution in [3.8, 4) is 12.3 Å². The van der Waals surface area contributed by atoms with Crippen molar-refractivity contribution in [2.45, 2.75) is 13.3 Å². The van der Waals surface area contributed by atoms with Crippen LogP contribution in [0.1, 0.15) is 23.8 Å². The Kier molecular flexibility index (Phi) is 4.51. The van der Waals surface area contributed by atoms with Gasteiger partial charge >= 0.3 is 5.97 Å². The predicted octanol–water partition coefficient (Wildman–Crippen LogP) is 2.24. The van der Waals surface area contributed by atoms with Gasteiger partial charge in [-0.25, -0.2) is 4.79 Å². The molecule has 0 amide bonds. The van der Waals surface area contributed by atoms with E-state index in [2.05, 4.69) is 21.4 Å². The molecular formula is C15H15N3O2. The number of fused-ring (bicyclic) bond motifs is 1. The van der Waals surface area contributed by atoms with E-state index in [4.69, 9.17) is 11.2 Å². The topological polar surface area (TPSA) is 64.1 Å². The number of benzene rings is 1. The standard InChI is InChI=1S/C15H15N3O2/c1-3-5-10-16-13-11-8-6-7-9-12(11)17-18-14(13)15(19)20-4-2/h1,6-9H,4-5,10H2,2H3,(H,16,17). The van der Waals surface area contributed by atoms with Crippen LogP contribution in [0.3, 0.4) is 0 Å². The van der Waals surface area contributed by atoms with Gasteiger partial charge in [0.2, 0.25) is 0 Å². The van der Waals surface area contributed by atoms with E-state index in [1.54, 1.807) is 6.92 Å². The molecule has 0 fully saturated rings. The van der Waals surface area contributed by atoms with Crippen molar-refractivity contribution in [2.24, 2.45) is 0 Å². The molecule has 5 heteroatoms. The van der Waals surface area contributed by atoms with Gasteiger partial charge in [-0.15, -0.1) is 22.5 Å². The number of anilines is 1. The molecule has 0 bridgehead atoms. The molecule has 1 N–H and O–H groups in total. The fourth-order valence-electron chi connectivity index (χ4n) is 1.83. The van der Waals surface area contributed by atoms with Gasteiger partial charge in [0.1, 0.15) is 0 Å². The lowest BCUT2D eigenvalue weighted by Gasteiger charge is -2.11. The molecule has 0 saturated heterocycles. The number of rotatable bonds is 5. The summed E-state index contributed by atoms with van der Waals surface area (Å²) < 4.78 is 5.00. The van der Waals surface area contributed by atoms with Crippen molar-refractivity contribution in [1.82, 2.24) is 10.2 Å². The molecule has 20 heavy (non-hydrogen) atoms. The zero-order valence-electron chi connectivity index (χ0n) is 11.2. The van der Waals surface area contributed by atoms with Crippen LogP contribution in [0.4, 0.5) is 5.69 Å². The van der Waals surface area contributed by atoms with Gasteiger partial charge in [-0.1, -0.05) is 18.2 Å². The number of nitrogens with one attached hydrogen (secondary N) is 1. The van der Waals surface area contributed by atoms with E-state index >= 15 is 0 Å². The summed E-state index contributed by atoms with van der Waals surface area (Å²) in [5, 5.41) is 12.0. The van der Waals surface area contributed by atoms with Crippen LogP contribution in [0.2, 0.25) is 0 Å². The van der Waals surface area contributed by atoms with Crippen LogP contribution < -0.4 is 5.32 Å². The van der Waals surface area contributed by atoms with Gasteiger partial charge < -0.3 is 10.1 Å². The van der Waals surface area contributed by atoms with Gasteiger partial charge in [-0.05, 0) is 13.0 Å². The van der Waals surface area contributed by atoms with Crippen LogP contribution in [0.25, 0.3) is 10.9 Å². The maximum Gasteiger partial charge on any atom is 0.361 e. The fraction of sp³-hybridized carbons (Fsp3) is 0.267. The molecule has 0 aliphatic rings. The third-order valence-corrected chi connectivity index (χ3v) is 2.71. The first-order valence-corrected chi connectivity index (χ1v) is 6.37. The Morgan fingerprint density at radius 1 is 1.40 bits per heavy atom. The second-order valence-corrected chi connectivity index (χ2v) is 4.04. The first-order chi connectivity index (χ1) is 9.77. The van der Waals surface area contributed by atoms with Gasteiger partial charge in [0.25, 0.3) is 0 Å². The Labute approximate surface area is 117 Å². The number of esters is 1. The Bertz CT molecular complexity index is 662. The average Bonchev–Trinajstić information content (AvgIpc) is 2.47. The molecule has 0 aliphatic carbocycles. The van der Waals surface area contributed by atoms with Crippen LogP contribution in [-0.2, 0) is 4.74 Å². The zero-order valence-corrected chi connectivity index (χ0v) is 11.2. The highest BCUT2D eigenvalue weighted by Crippen LogP contribution is 2.24. The van der Waals surface area contributed by atoms with Gasteiger partial charge in [-0.3, -0.25) is 0 Å². The minimum absolute atomic E-state index is 0.183. The van der Waals surface area contributed by atoms with E-state index in [1.165, 1.54) is 0 Å². The molecule has 0 spiro atoms. The molecule has 1 aromatic heterocycles. The minimum Gasteiger partial charge on any atom is -0.461 e. The van der Waals surface area contributed by atoms with Crippen molar-refractivity contribution >= 4 is 22.6 Å². The lowest BCUT2D eigenvalue weighted by atomic mass is 10.1. The molecule has 0 atom stereocenters. The van der Waals surface area contributed by atoms with Crippen LogP contribution >= 0.6 is 0 Å². The number of nitrogens with zero attached hydrogens (tertiary/aromatic N) is 2. The molecule has 102 valence electrons. The number of hydrogen-bond acceptors (Lipinski definition) is 5. The summed E-state index contributed by atoms with van der Waals surface area (Å²) in [5.74, 6) is 2.05. The van der Waals surface area contributed by atoms with Crippen molar-refractivity contribution in [3.05, 3.63) is 30.0 Å². The van der Waals surface area contributed by atoms with Gasteiger partial charge in [0.05, 0.1) is 17.8 Å². The maximum atomic E-state index is 11.9. The maximum absolute atomic E-state index is 11.9. The van der Waals surface area contributed by atoms with Crippen molar-refractivity contribution in [1.29, 1.82) is 0 Å². The highest BCUT2D eigenvalue weighted by Gasteiger charge is 2.18. The molecular weight excluding hydrogens is 254 g/mol. The smallest absolute Gasteiger partial charge is 0.361 e. The summed E-state index contributed by atoms with van der Waals surface area (Å²) in [7, 11) is 0. The summed E-state index contributed by atoms with van der Waals surface area (Å²) in [4.78, 5) is 11.9. The van der Waals surface area contributed by atoms with Gasteiger partial charge in [-0.2, -0.15) is 0 Å². The van der Waals surface area contributed by atoms with Gasteiger partial charge in [0, 0.05) is 18.4 Å². The largest absolute Gasteiger partial charge is 0.461 e. The quantitative estimate of drug-likeness (QED) is 0.512. The van der Waals surface area contributed by atoms with E-state index in [0.717, 1.165) is 5.39 Å². The molecule has 1 heterocycles. The summed E-state index contributed by atoms with van der Waals surface area (Å²) >= 11 is 0. The first-order valence-electron chi connectivity index (χ1n) is 6.37. The summed E-state index contributed by atoms with van der Waals surface area (Å²) in [5.41, 5.74) is 1.51. The molecule has 5 nitrogen and oxygen atoms in total. The van der Waals surface area contributed by atoms with Crippen LogP contribution in [0, 0.1) is 12.3 Å². The molecule has 2 rings (SSSR count). The number of hydrogen-bond donors (Lipinski definition) is 1. The molecule has 0 unspecified atom stereocenters. The first kappa shape index (κ1) is 13.8. The summed E-state index contributed by atoms with van der Waals surface area (Å²) in [6, 6.07) is 7.46. The number of carbonyl (C=O) groups is 1. The van der Waals surface area contributed by atoms with Crippen molar-refractivity contribution in [3.63, 3.8) is 0 Å². The Morgan fingerprint density at radius 3 is 2.95 bits per heavy atom. The second kappa shape index (κ2) is 6.53. The lowest BCUT2D eigenvalue weighted by molar-refractivity contribution is 0.0519.